The number of methoxy groups -OCH3 is 1. The van der Waals surface area contributed by atoms with Crippen molar-refractivity contribution in [3.63, 3.8) is 0 Å². The van der Waals surface area contributed by atoms with Gasteiger partial charge in [0.15, 0.2) is 0 Å². The van der Waals surface area contributed by atoms with Crippen molar-refractivity contribution in [1.82, 2.24) is 25.6 Å². The maximum Gasteiger partial charge on any atom is 0.328 e. The fourth-order valence-corrected chi connectivity index (χ4v) is 9.51. The van der Waals surface area contributed by atoms with Crippen LogP contribution in [0.4, 0.5) is 0 Å². The van der Waals surface area contributed by atoms with Gasteiger partial charge in [-0.15, -0.1) is 0 Å². The van der Waals surface area contributed by atoms with Gasteiger partial charge < -0.3 is 42.2 Å². The van der Waals surface area contributed by atoms with E-state index < -0.39 is 75.9 Å². The number of nitrogens with two attached hydrogens (primary N) is 2. The molecule has 0 aromatic heterocycles. The third kappa shape index (κ3) is 18.8. The Morgan fingerprint density at radius 2 is 1.21 bits per heavy atom. The number of rotatable bonds is 23. The fraction of sp³-hybridized carbons (Fsp3) is 0.455. The van der Waals surface area contributed by atoms with Gasteiger partial charge in [0, 0.05) is 24.6 Å². The van der Waals surface area contributed by atoms with Gasteiger partial charge in [-0.05, 0) is 99.5 Å². The maximum absolute atomic E-state index is 13.8. The number of amidine groups is 1. The molecule has 0 bridgehead atoms. The minimum atomic E-state index is -3.85. The fourth-order valence-electron chi connectivity index (χ4n) is 8.32. The highest BCUT2D eigenvalue weighted by Crippen LogP contribution is 2.21. The summed E-state index contributed by atoms with van der Waals surface area (Å²) in [7, 11) is -2.60. The van der Waals surface area contributed by atoms with Gasteiger partial charge in [0.2, 0.25) is 33.7 Å². The first kappa shape index (κ1) is 59.1. The number of ether oxygens (including phenoxy) is 1. The molecule has 1 aliphatic rings. The minimum Gasteiger partial charge on any atom is -0.467 e. The number of benzene rings is 4. The Labute approximate surface area is 431 Å². The van der Waals surface area contributed by atoms with Crippen molar-refractivity contribution >= 4 is 45.5 Å². The molecule has 17 nitrogen and oxygen atoms in total. The second-order valence-electron chi connectivity index (χ2n) is 19.5. The summed E-state index contributed by atoms with van der Waals surface area (Å²) >= 11 is 0. The van der Waals surface area contributed by atoms with Gasteiger partial charge in [-0.2, -0.15) is 4.72 Å². The first-order valence-corrected chi connectivity index (χ1v) is 26.4. The summed E-state index contributed by atoms with van der Waals surface area (Å²) in [4.78, 5) is 67.0. The third-order valence-electron chi connectivity index (χ3n) is 12.7. The Morgan fingerprint density at radius 3 is 1.71 bits per heavy atom. The summed E-state index contributed by atoms with van der Waals surface area (Å²) in [6.07, 6.45) is 2.70. The molecule has 1 fully saturated rings. The second kappa shape index (κ2) is 28.7. The Kier molecular flexibility index (Phi) is 23.2. The summed E-state index contributed by atoms with van der Waals surface area (Å²) < 4.78 is 33.4. The summed E-state index contributed by atoms with van der Waals surface area (Å²) in [6.45, 7) is 11.9. The lowest BCUT2D eigenvalue weighted by atomic mass is 9.88. The standard InChI is InChI=1S/C33H48N4O6.C22H28N4O3S/c1-20(2)28(32(41)37-29(21(3)4)33(42)43-6)36-31(40)25(17-23-13-9-7-10-14-23)19-27(38)26(35-30(39)22(5)34)18-24-15-11-8-12-16-24;1-16-5-11-19(12-6-16)30(28,29)25-20(22(27)26-13-3-2-4-14-26)15-17-7-9-18(10-8-17)21(23)24/h7-16,20-22,25-29,38H,17-19,34H2,1-6H3,(H,35,39)(H,36,40)(H,37,41);5-12,20,25H,2-4,13-15H2,1H3,(H3,23,24). The number of hydrogen-bond donors (Lipinski definition) is 8. The van der Waals surface area contributed by atoms with Crippen molar-refractivity contribution in [3.05, 3.63) is 137 Å². The quantitative estimate of drug-likeness (QED) is 0.0295. The number of piperidine rings is 1. The SMILES string of the molecule is COC(=O)C(NC(=O)C(NC(=O)C(Cc1ccccc1)CC(O)C(Cc1ccccc1)NC(=O)C(C)N)C(C)C)C(C)C.Cc1ccc(S(=O)(=O)NC(Cc2ccc(C(=N)N)cc2)C(=O)N2CCCCC2)cc1. The van der Waals surface area contributed by atoms with Gasteiger partial charge in [-0.25, -0.2) is 13.2 Å². The second-order valence-corrected chi connectivity index (χ2v) is 21.2. The molecule has 1 heterocycles. The lowest BCUT2D eigenvalue weighted by Crippen LogP contribution is -2.56. The molecular weight excluding hydrogens is 949 g/mol. The molecule has 10 N–H and O–H groups in total. The van der Waals surface area contributed by atoms with Crippen LogP contribution in [0.3, 0.4) is 0 Å². The topological polar surface area (TPSA) is 276 Å². The van der Waals surface area contributed by atoms with Crippen molar-refractivity contribution in [1.29, 1.82) is 5.41 Å². The third-order valence-corrected chi connectivity index (χ3v) is 14.2. The van der Waals surface area contributed by atoms with Crippen LogP contribution < -0.4 is 32.1 Å². The van der Waals surface area contributed by atoms with Crippen molar-refractivity contribution < 1.29 is 42.2 Å². The van der Waals surface area contributed by atoms with Crippen LogP contribution >= 0.6 is 0 Å². The van der Waals surface area contributed by atoms with E-state index >= 15 is 0 Å². The molecule has 7 atom stereocenters. The largest absolute Gasteiger partial charge is 0.467 e. The number of nitrogen functional groups attached to an aromatic ring is 1. The van der Waals surface area contributed by atoms with E-state index in [-0.39, 0.29) is 41.3 Å². The predicted molar refractivity (Wildman–Crippen MR) is 282 cm³/mol. The average molecular weight is 1030 g/mol. The van der Waals surface area contributed by atoms with E-state index in [4.69, 9.17) is 21.6 Å². The van der Waals surface area contributed by atoms with Crippen LogP contribution in [0, 0.1) is 30.1 Å². The molecule has 5 rings (SSSR count). The van der Waals surface area contributed by atoms with Crippen molar-refractivity contribution in [2.45, 2.75) is 128 Å². The summed E-state index contributed by atoms with van der Waals surface area (Å²) in [5.41, 5.74) is 15.4. The van der Waals surface area contributed by atoms with E-state index in [0.29, 0.717) is 31.5 Å². The van der Waals surface area contributed by atoms with Crippen molar-refractivity contribution in [2.75, 3.05) is 20.2 Å². The number of nitrogens with zero attached hydrogens (tertiary/aromatic N) is 1. The van der Waals surface area contributed by atoms with Crippen LogP contribution in [0.25, 0.3) is 0 Å². The maximum atomic E-state index is 13.8. The van der Waals surface area contributed by atoms with Crippen LogP contribution in [0.5, 0.6) is 0 Å². The molecule has 0 radical (unpaired) electrons. The first-order valence-electron chi connectivity index (χ1n) is 24.9. The number of carbonyl (C=O) groups is 5. The smallest absolute Gasteiger partial charge is 0.328 e. The highest BCUT2D eigenvalue weighted by molar-refractivity contribution is 7.89. The van der Waals surface area contributed by atoms with E-state index in [9.17, 15) is 37.5 Å². The number of sulfonamides is 1. The molecule has 0 spiro atoms. The van der Waals surface area contributed by atoms with Gasteiger partial charge in [-0.1, -0.05) is 130 Å². The van der Waals surface area contributed by atoms with E-state index in [0.717, 1.165) is 41.5 Å². The zero-order valence-electron chi connectivity index (χ0n) is 43.2. The van der Waals surface area contributed by atoms with Crippen LogP contribution in [0.1, 0.15) is 88.1 Å². The van der Waals surface area contributed by atoms with Gasteiger partial charge >= 0.3 is 5.97 Å². The molecule has 1 saturated heterocycles. The molecule has 4 amide bonds. The van der Waals surface area contributed by atoms with Crippen molar-refractivity contribution in [2.24, 2.45) is 29.2 Å². The van der Waals surface area contributed by atoms with E-state index in [2.05, 4.69) is 20.7 Å². The molecule has 7 unspecified atom stereocenters. The summed E-state index contributed by atoms with van der Waals surface area (Å²) in [5.74, 6) is -3.42. The van der Waals surface area contributed by atoms with E-state index in [1.807, 2.05) is 67.6 Å². The van der Waals surface area contributed by atoms with Crippen LogP contribution in [-0.4, -0.2) is 110 Å². The Bertz CT molecular complexity index is 2520. The number of hydrogen-bond acceptors (Lipinski definition) is 11. The zero-order valence-corrected chi connectivity index (χ0v) is 44.0. The number of carbonyl (C=O) groups excluding carboxylic acids is 5. The van der Waals surface area contributed by atoms with Crippen molar-refractivity contribution in [3.8, 4) is 0 Å². The number of nitrogens with one attached hydrogen (secondary N) is 5. The summed E-state index contributed by atoms with van der Waals surface area (Å²) in [6, 6.07) is 28.1. The minimum absolute atomic E-state index is 0.0146. The van der Waals surface area contributed by atoms with Gasteiger partial charge in [0.1, 0.15) is 24.0 Å². The van der Waals surface area contributed by atoms with Gasteiger partial charge in [-0.3, -0.25) is 24.6 Å². The molecular formula is C55H76N8O9S. The lowest BCUT2D eigenvalue weighted by Gasteiger charge is -2.30. The Hall–Kier alpha value is -6.47. The Balaban J connectivity index is 0.000000336. The van der Waals surface area contributed by atoms with Crippen LogP contribution in [0.2, 0.25) is 0 Å². The molecule has 1 aliphatic heterocycles. The predicted octanol–water partition coefficient (Wildman–Crippen LogP) is 4.31. The molecule has 4 aromatic rings. The number of aryl methyl sites for hydroxylation is 1. The lowest BCUT2D eigenvalue weighted by molar-refractivity contribution is -0.147. The molecule has 0 saturated carbocycles. The van der Waals surface area contributed by atoms with Crippen LogP contribution in [0.15, 0.2) is 114 Å². The molecule has 4 aromatic carbocycles. The average Bonchev–Trinajstić information content (AvgIpc) is 3.37. The number of esters is 1. The van der Waals surface area contributed by atoms with E-state index in [1.54, 1.807) is 88.0 Å². The highest BCUT2D eigenvalue weighted by atomic mass is 32.2. The van der Waals surface area contributed by atoms with E-state index in [1.165, 1.54) is 7.11 Å². The molecule has 0 aliphatic carbocycles. The number of likely N-dealkylation sites (tertiary alicyclic amines) is 1. The molecule has 18 heteroatoms. The molecule has 73 heavy (non-hydrogen) atoms. The Morgan fingerprint density at radius 1 is 0.685 bits per heavy atom. The van der Waals surface area contributed by atoms with Gasteiger partial charge in [0.05, 0.1) is 30.2 Å². The summed E-state index contributed by atoms with van der Waals surface area (Å²) in [5, 5.41) is 27.4. The van der Waals surface area contributed by atoms with Gasteiger partial charge in [0.25, 0.3) is 0 Å². The molecule has 396 valence electrons. The van der Waals surface area contributed by atoms with Crippen LogP contribution in [-0.2, 0) is 58.0 Å². The number of amides is 4. The normalized spacial score (nSPS) is 15.5. The monoisotopic (exact) mass is 1020 g/mol. The highest BCUT2D eigenvalue weighted by Gasteiger charge is 2.35. The number of aliphatic hydroxyl groups excluding tert-OH is 1. The zero-order chi connectivity index (χ0) is 53.8. The number of aliphatic hydroxyl groups is 1. The first-order chi connectivity index (χ1) is 34.6.